The number of benzene rings is 2. The van der Waals surface area contributed by atoms with Crippen LogP contribution in [0.5, 0.6) is 17.2 Å². The number of rotatable bonds is 12. The summed E-state index contributed by atoms with van der Waals surface area (Å²) in [5.74, 6) is 1.72. The van der Waals surface area contributed by atoms with Gasteiger partial charge in [0.15, 0.2) is 17.6 Å². The first-order chi connectivity index (χ1) is 13.6. The molecule has 1 N–H and O–H groups in total. The maximum absolute atomic E-state index is 12.4. The molecule has 1 atom stereocenters. The molecule has 152 valence electrons. The van der Waals surface area contributed by atoms with Crippen LogP contribution < -0.4 is 19.5 Å². The van der Waals surface area contributed by atoms with Crippen LogP contribution in [0.1, 0.15) is 46.0 Å². The Balaban J connectivity index is 1.78. The van der Waals surface area contributed by atoms with Crippen molar-refractivity contribution in [2.45, 2.75) is 52.1 Å². The normalized spacial score (nSPS) is 11.5. The predicted molar refractivity (Wildman–Crippen MR) is 112 cm³/mol. The first-order valence-electron chi connectivity index (χ1n) is 9.97. The van der Waals surface area contributed by atoms with E-state index in [0.29, 0.717) is 17.2 Å². The number of carbonyl (C=O) groups excluding carboxylic acids is 1. The molecule has 28 heavy (non-hydrogen) atoms. The fourth-order valence-corrected chi connectivity index (χ4v) is 2.73. The van der Waals surface area contributed by atoms with E-state index in [0.717, 1.165) is 18.8 Å². The topological polar surface area (TPSA) is 56.8 Å². The number of ether oxygens (including phenoxy) is 3. The highest BCUT2D eigenvalue weighted by atomic mass is 16.5. The summed E-state index contributed by atoms with van der Waals surface area (Å²) in [6.45, 7) is 4.64. The van der Waals surface area contributed by atoms with Crippen LogP contribution >= 0.6 is 0 Å². The van der Waals surface area contributed by atoms with Crippen LogP contribution in [-0.2, 0) is 4.79 Å². The monoisotopic (exact) mass is 385 g/mol. The summed E-state index contributed by atoms with van der Waals surface area (Å²) in [5.41, 5.74) is 0.704. The third-order valence-electron chi connectivity index (χ3n) is 4.38. The first kappa shape index (κ1) is 21.6. The maximum Gasteiger partial charge on any atom is 0.265 e. The predicted octanol–water partition coefficient (Wildman–Crippen LogP) is 5.45. The molecule has 2 aromatic carbocycles. The van der Waals surface area contributed by atoms with Crippen molar-refractivity contribution in [1.82, 2.24) is 0 Å². The van der Waals surface area contributed by atoms with E-state index in [1.807, 2.05) is 36.4 Å². The van der Waals surface area contributed by atoms with Gasteiger partial charge in [0.1, 0.15) is 5.75 Å². The molecule has 0 bridgehead atoms. The lowest BCUT2D eigenvalue weighted by Crippen LogP contribution is -2.30. The molecule has 0 spiro atoms. The molecule has 0 saturated heterocycles. The van der Waals surface area contributed by atoms with Crippen molar-refractivity contribution in [1.29, 1.82) is 0 Å². The molecule has 0 aromatic heterocycles. The van der Waals surface area contributed by atoms with E-state index in [4.69, 9.17) is 14.2 Å². The van der Waals surface area contributed by atoms with Crippen molar-refractivity contribution in [2.75, 3.05) is 19.0 Å². The Labute approximate surface area is 168 Å². The minimum atomic E-state index is -0.657. The van der Waals surface area contributed by atoms with Crippen molar-refractivity contribution in [3.8, 4) is 17.2 Å². The highest BCUT2D eigenvalue weighted by Gasteiger charge is 2.16. The molecule has 0 saturated carbocycles. The van der Waals surface area contributed by atoms with E-state index in [-0.39, 0.29) is 5.91 Å². The van der Waals surface area contributed by atoms with Gasteiger partial charge in [0, 0.05) is 5.69 Å². The van der Waals surface area contributed by atoms with Crippen molar-refractivity contribution in [2.24, 2.45) is 0 Å². The van der Waals surface area contributed by atoms with E-state index in [9.17, 15) is 4.79 Å². The van der Waals surface area contributed by atoms with Crippen LogP contribution in [0.4, 0.5) is 5.69 Å². The summed E-state index contributed by atoms with van der Waals surface area (Å²) >= 11 is 0. The number of hydrogen-bond donors (Lipinski definition) is 1. The van der Waals surface area contributed by atoms with Crippen molar-refractivity contribution in [3.05, 3.63) is 48.5 Å². The van der Waals surface area contributed by atoms with Gasteiger partial charge in [-0.2, -0.15) is 0 Å². The summed E-state index contributed by atoms with van der Waals surface area (Å²) in [7, 11) is 1.57. The number of carbonyl (C=O) groups is 1. The number of methoxy groups -OCH3 is 1. The fourth-order valence-electron chi connectivity index (χ4n) is 2.73. The molecule has 2 rings (SSSR count). The van der Waals surface area contributed by atoms with E-state index < -0.39 is 6.10 Å². The molecule has 5 heteroatoms. The third-order valence-corrected chi connectivity index (χ3v) is 4.38. The molecule has 0 heterocycles. The number of amides is 1. The van der Waals surface area contributed by atoms with Gasteiger partial charge in [-0.1, -0.05) is 44.7 Å². The van der Waals surface area contributed by atoms with Gasteiger partial charge in [0.2, 0.25) is 0 Å². The van der Waals surface area contributed by atoms with Gasteiger partial charge in [0.25, 0.3) is 5.91 Å². The fraction of sp³-hybridized carbons (Fsp3) is 0.435. The van der Waals surface area contributed by atoms with Gasteiger partial charge in [0.05, 0.1) is 13.7 Å². The van der Waals surface area contributed by atoms with Crippen LogP contribution in [0.2, 0.25) is 0 Å². The number of hydrogen-bond acceptors (Lipinski definition) is 4. The minimum Gasteiger partial charge on any atom is -0.494 e. The Kier molecular flexibility index (Phi) is 9.19. The smallest absolute Gasteiger partial charge is 0.265 e. The minimum absolute atomic E-state index is 0.226. The summed E-state index contributed by atoms with van der Waals surface area (Å²) < 4.78 is 16.7. The number of anilines is 1. The lowest BCUT2D eigenvalue weighted by molar-refractivity contribution is -0.122. The van der Waals surface area contributed by atoms with Gasteiger partial charge in [-0.3, -0.25) is 4.79 Å². The standard InChI is InChI=1S/C23H31NO4/c1-4-5-6-7-10-17-27-20-15-13-19(14-16-20)24-23(25)18(2)28-22-12-9-8-11-21(22)26-3/h8-9,11-16,18H,4-7,10,17H2,1-3H3,(H,24,25). The molecule has 0 fully saturated rings. The number of para-hydroxylation sites is 2. The highest BCUT2D eigenvalue weighted by Crippen LogP contribution is 2.27. The maximum atomic E-state index is 12.4. The van der Waals surface area contributed by atoms with Gasteiger partial charge in [-0.05, 0) is 49.7 Å². The zero-order valence-electron chi connectivity index (χ0n) is 17.1. The third kappa shape index (κ3) is 7.14. The lowest BCUT2D eigenvalue weighted by Gasteiger charge is -2.16. The Morgan fingerprint density at radius 1 is 0.964 bits per heavy atom. The summed E-state index contributed by atoms with van der Waals surface area (Å²) in [6.07, 6.45) is 5.40. The average molecular weight is 386 g/mol. The van der Waals surface area contributed by atoms with Gasteiger partial charge in [-0.15, -0.1) is 0 Å². The molecule has 1 amide bonds. The quantitative estimate of drug-likeness (QED) is 0.494. The molecule has 1 unspecified atom stereocenters. The van der Waals surface area contributed by atoms with Crippen LogP contribution in [-0.4, -0.2) is 25.7 Å². The largest absolute Gasteiger partial charge is 0.494 e. The Bertz CT molecular complexity index is 715. The van der Waals surface area contributed by atoms with Crippen LogP contribution in [0.15, 0.2) is 48.5 Å². The van der Waals surface area contributed by atoms with E-state index >= 15 is 0 Å². The van der Waals surface area contributed by atoms with Gasteiger partial charge in [-0.25, -0.2) is 0 Å². The molecule has 0 aliphatic heterocycles. The Hall–Kier alpha value is -2.69. The molecule has 5 nitrogen and oxygen atoms in total. The zero-order chi connectivity index (χ0) is 20.2. The number of nitrogens with one attached hydrogen (secondary N) is 1. The molecule has 0 aliphatic rings. The van der Waals surface area contributed by atoms with E-state index in [1.165, 1.54) is 25.7 Å². The lowest BCUT2D eigenvalue weighted by atomic mass is 10.2. The highest BCUT2D eigenvalue weighted by molar-refractivity contribution is 5.94. The molecule has 0 radical (unpaired) electrons. The van der Waals surface area contributed by atoms with Gasteiger partial charge >= 0.3 is 0 Å². The summed E-state index contributed by atoms with van der Waals surface area (Å²) in [6, 6.07) is 14.7. The molecule has 2 aromatic rings. The summed E-state index contributed by atoms with van der Waals surface area (Å²) in [4.78, 5) is 12.4. The van der Waals surface area contributed by atoms with Crippen LogP contribution in [0.3, 0.4) is 0 Å². The van der Waals surface area contributed by atoms with Crippen molar-refractivity contribution in [3.63, 3.8) is 0 Å². The molecular formula is C23H31NO4. The Morgan fingerprint density at radius 3 is 2.32 bits per heavy atom. The van der Waals surface area contributed by atoms with Crippen LogP contribution in [0.25, 0.3) is 0 Å². The number of unbranched alkanes of at least 4 members (excludes halogenated alkanes) is 4. The van der Waals surface area contributed by atoms with E-state index in [1.54, 1.807) is 26.2 Å². The van der Waals surface area contributed by atoms with E-state index in [2.05, 4.69) is 12.2 Å². The average Bonchev–Trinajstić information content (AvgIpc) is 2.72. The second-order valence-electron chi connectivity index (χ2n) is 6.69. The molecular weight excluding hydrogens is 354 g/mol. The Morgan fingerprint density at radius 2 is 1.64 bits per heavy atom. The SMILES string of the molecule is CCCCCCCOc1ccc(NC(=O)C(C)Oc2ccccc2OC)cc1. The van der Waals surface area contributed by atoms with Gasteiger partial charge < -0.3 is 19.5 Å². The first-order valence-corrected chi connectivity index (χ1v) is 9.97. The summed E-state index contributed by atoms with van der Waals surface area (Å²) in [5, 5.41) is 2.86. The zero-order valence-corrected chi connectivity index (χ0v) is 17.1. The van der Waals surface area contributed by atoms with Crippen molar-refractivity contribution < 1.29 is 19.0 Å². The van der Waals surface area contributed by atoms with Crippen LogP contribution in [0, 0.1) is 0 Å². The molecule has 0 aliphatic carbocycles. The second-order valence-corrected chi connectivity index (χ2v) is 6.69. The van der Waals surface area contributed by atoms with Crippen molar-refractivity contribution >= 4 is 11.6 Å². The second kappa shape index (κ2) is 11.9.